The van der Waals surface area contributed by atoms with Crippen molar-refractivity contribution in [1.82, 2.24) is 20.2 Å². The van der Waals surface area contributed by atoms with Crippen LogP contribution in [-0.2, 0) is 0 Å². The van der Waals surface area contributed by atoms with Crippen LogP contribution in [0.5, 0.6) is 17.4 Å². The fraction of sp³-hybridized carbons (Fsp3) is 0.421. The summed E-state index contributed by atoms with van der Waals surface area (Å²) >= 11 is 0. The van der Waals surface area contributed by atoms with Crippen LogP contribution >= 0.6 is 0 Å². The number of hydrogen-bond acceptors (Lipinski definition) is 6. The molecule has 0 aliphatic carbocycles. The van der Waals surface area contributed by atoms with E-state index in [0.29, 0.717) is 34.0 Å². The molecule has 0 amide bonds. The van der Waals surface area contributed by atoms with Crippen LogP contribution in [0.4, 0.5) is 13.2 Å². The van der Waals surface area contributed by atoms with E-state index in [4.69, 9.17) is 9.47 Å². The summed E-state index contributed by atoms with van der Waals surface area (Å²) in [4.78, 5) is 9.08. The molecule has 0 bridgehead atoms. The molecule has 0 saturated heterocycles. The molecule has 2 aromatic heterocycles. The number of hydrogen-bond donors (Lipinski definition) is 1. The molecule has 0 aliphatic heterocycles. The van der Waals surface area contributed by atoms with Crippen molar-refractivity contribution in [3.05, 3.63) is 23.9 Å². The van der Waals surface area contributed by atoms with Crippen molar-refractivity contribution in [3.63, 3.8) is 0 Å². The maximum atomic E-state index is 12.5. The van der Waals surface area contributed by atoms with Crippen LogP contribution in [0.2, 0.25) is 0 Å². The number of H-pyrrole nitrogens is 1. The first-order valence-corrected chi connectivity index (χ1v) is 9.09. The van der Waals surface area contributed by atoms with Crippen LogP contribution in [-0.4, -0.2) is 39.7 Å². The van der Waals surface area contributed by atoms with E-state index in [2.05, 4.69) is 24.9 Å². The molecule has 1 N–H and O–H groups in total. The highest BCUT2D eigenvalue weighted by molar-refractivity contribution is 5.81. The minimum absolute atomic E-state index is 0.0126. The number of ether oxygens (including phenoxy) is 3. The molecule has 10 heteroatoms. The van der Waals surface area contributed by atoms with E-state index in [1.165, 1.54) is 19.2 Å². The molecular weight excluding hydrogens is 389 g/mol. The van der Waals surface area contributed by atoms with E-state index in [-0.39, 0.29) is 17.6 Å². The monoisotopic (exact) mass is 410 g/mol. The van der Waals surface area contributed by atoms with Crippen molar-refractivity contribution in [2.75, 3.05) is 7.11 Å². The Bertz CT molecular complexity index is 1000. The molecule has 1 aromatic carbocycles. The lowest BCUT2D eigenvalue weighted by molar-refractivity contribution is -0.274. The highest BCUT2D eigenvalue weighted by atomic mass is 19.4. The smallest absolute Gasteiger partial charge is 0.496 e. The highest BCUT2D eigenvalue weighted by Crippen LogP contribution is 2.36. The van der Waals surface area contributed by atoms with Crippen molar-refractivity contribution < 1.29 is 27.4 Å². The lowest BCUT2D eigenvalue weighted by Gasteiger charge is -2.14. The number of halogens is 3. The van der Waals surface area contributed by atoms with Gasteiger partial charge in [-0.1, -0.05) is 13.8 Å². The van der Waals surface area contributed by atoms with Crippen molar-refractivity contribution in [2.45, 2.75) is 46.1 Å². The molecule has 7 nitrogen and oxygen atoms in total. The third-order valence-corrected chi connectivity index (χ3v) is 4.39. The summed E-state index contributed by atoms with van der Waals surface area (Å²) < 4.78 is 52.6. The number of benzene rings is 1. The molecule has 0 spiro atoms. The molecule has 0 unspecified atom stereocenters. The SMILES string of the molecule is CCC(CC)Oc1n[nH]c2nc(C)c(-c3ccc(OC(F)(F)F)cc3OC)nc12. The summed E-state index contributed by atoms with van der Waals surface area (Å²) in [6.45, 7) is 5.77. The number of aryl methyl sites for hydroxylation is 1. The Morgan fingerprint density at radius 1 is 1.14 bits per heavy atom. The molecule has 2 heterocycles. The number of nitrogens with zero attached hydrogens (tertiary/aromatic N) is 3. The fourth-order valence-corrected chi connectivity index (χ4v) is 2.92. The van der Waals surface area contributed by atoms with Gasteiger partial charge >= 0.3 is 6.36 Å². The standard InChI is InChI=1S/C19H21F3N4O3/c1-5-11(6-2)28-18-16-17(25-26-18)23-10(3)15(24-16)13-8-7-12(9-14(13)27-4)29-19(20,21)22/h7-9,11H,5-6H2,1-4H3,(H,23,25,26). The van der Waals surface area contributed by atoms with Gasteiger partial charge in [0.05, 0.1) is 18.5 Å². The first kappa shape index (κ1) is 20.7. The van der Waals surface area contributed by atoms with Gasteiger partial charge in [-0.15, -0.1) is 18.3 Å². The number of nitrogens with one attached hydrogen (secondary N) is 1. The van der Waals surface area contributed by atoms with E-state index >= 15 is 0 Å². The zero-order valence-electron chi connectivity index (χ0n) is 16.4. The fourth-order valence-electron chi connectivity index (χ4n) is 2.92. The van der Waals surface area contributed by atoms with Crippen LogP contribution in [0.1, 0.15) is 32.4 Å². The summed E-state index contributed by atoms with van der Waals surface area (Å²) in [7, 11) is 1.36. The number of methoxy groups -OCH3 is 1. The second-order valence-corrected chi connectivity index (χ2v) is 6.35. The topological polar surface area (TPSA) is 82.2 Å². The number of fused-ring (bicyclic) bond motifs is 1. The Balaban J connectivity index is 2.05. The quantitative estimate of drug-likeness (QED) is 0.602. The zero-order valence-corrected chi connectivity index (χ0v) is 16.4. The Morgan fingerprint density at radius 2 is 1.86 bits per heavy atom. The lowest BCUT2D eigenvalue weighted by Crippen LogP contribution is -2.17. The first-order valence-electron chi connectivity index (χ1n) is 9.09. The maximum absolute atomic E-state index is 12.5. The van der Waals surface area contributed by atoms with Gasteiger partial charge in [0.15, 0.2) is 11.2 Å². The van der Waals surface area contributed by atoms with Gasteiger partial charge in [-0.25, -0.2) is 9.97 Å². The molecule has 29 heavy (non-hydrogen) atoms. The first-order chi connectivity index (χ1) is 13.8. The number of aromatic amines is 1. The predicted molar refractivity (Wildman–Crippen MR) is 100 cm³/mol. The number of alkyl halides is 3. The number of aromatic nitrogens is 4. The Labute approximate surface area is 165 Å². The van der Waals surface area contributed by atoms with Crippen LogP contribution in [0.25, 0.3) is 22.4 Å². The summed E-state index contributed by atoms with van der Waals surface area (Å²) in [5.41, 5.74) is 2.38. The molecule has 3 aromatic rings. The van der Waals surface area contributed by atoms with E-state index in [0.717, 1.165) is 18.9 Å². The van der Waals surface area contributed by atoms with E-state index in [1.807, 2.05) is 13.8 Å². The van der Waals surface area contributed by atoms with Gasteiger partial charge in [-0.2, -0.15) is 0 Å². The Kier molecular flexibility index (Phi) is 5.81. The van der Waals surface area contributed by atoms with Gasteiger partial charge in [0.1, 0.15) is 17.6 Å². The van der Waals surface area contributed by atoms with Crippen LogP contribution < -0.4 is 14.2 Å². The van der Waals surface area contributed by atoms with Gasteiger partial charge in [-0.05, 0) is 31.9 Å². The van der Waals surface area contributed by atoms with Crippen molar-refractivity contribution >= 4 is 11.2 Å². The summed E-state index contributed by atoms with van der Waals surface area (Å²) in [5, 5.41) is 6.96. The summed E-state index contributed by atoms with van der Waals surface area (Å²) in [6.07, 6.45) is -3.18. The van der Waals surface area contributed by atoms with Crippen molar-refractivity contribution in [1.29, 1.82) is 0 Å². The molecular formula is C19H21F3N4O3. The van der Waals surface area contributed by atoms with Crippen molar-refractivity contribution in [3.8, 4) is 28.6 Å². The largest absolute Gasteiger partial charge is 0.573 e. The molecule has 0 saturated carbocycles. The normalized spacial score (nSPS) is 11.9. The highest BCUT2D eigenvalue weighted by Gasteiger charge is 2.31. The minimum Gasteiger partial charge on any atom is -0.496 e. The zero-order chi connectivity index (χ0) is 21.2. The molecule has 0 radical (unpaired) electrons. The third-order valence-electron chi connectivity index (χ3n) is 4.39. The minimum atomic E-state index is -4.79. The lowest BCUT2D eigenvalue weighted by atomic mass is 10.1. The maximum Gasteiger partial charge on any atom is 0.573 e. The second kappa shape index (κ2) is 8.14. The molecule has 0 aliphatic rings. The molecule has 156 valence electrons. The van der Waals surface area contributed by atoms with Crippen LogP contribution in [0.3, 0.4) is 0 Å². The summed E-state index contributed by atoms with van der Waals surface area (Å²) in [6, 6.07) is 3.81. The van der Waals surface area contributed by atoms with Crippen molar-refractivity contribution in [2.24, 2.45) is 0 Å². The van der Waals surface area contributed by atoms with Gasteiger partial charge in [0.25, 0.3) is 5.88 Å². The average Bonchev–Trinajstić information content (AvgIpc) is 3.05. The second-order valence-electron chi connectivity index (χ2n) is 6.35. The van der Waals surface area contributed by atoms with E-state index in [9.17, 15) is 13.2 Å². The average molecular weight is 410 g/mol. The molecule has 0 fully saturated rings. The van der Waals surface area contributed by atoms with Crippen LogP contribution in [0, 0.1) is 6.92 Å². The van der Waals surface area contributed by atoms with E-state index < -0.39 is 6.36 Å². The predicted octanol–water partition coefficient (Wildman–Crippen LogP) is 4.80. The van der Waals surface area contributed by atoms with Gasteiger partial charge in [-0.3, -0.25) is 5.10 Å². The van der Waals surface area contributed by atoms with Gasteiger partial charge < -0.3 is 14.2 Å². The van der Waals surface area contributed by atoms with Crippen LogP contribution in [0.15, 0.2) is 18.2 Å². The third kappa shape index (κ3) is 4.52. The Morgan fingerprint density at radius 3 is 2.48 bits per heavy atom. The number of rotatable bonds is 7. The van der Waals surface area contributed by atoms with E-state index in [1.54, 1.807) is 6.92 Å². The Hall–Kier alpha value is -3.04. The van der Waals surface area contributed by atoms with Gasteiger partial charge in [0.2, 0.25) is 0 Å². The summed E-state index contributed by atoms with van der Waals surface area (Å²) in [5.74, 6) is 0.124. The molecule has 3 rings (SSSR count). The van der Waals surface area contributed by atoms with Gasteiger partial charge in [0, 0.05) is 11.6 Å². The molecule has 0 atom stereocenters.